The number of aliphatic hydroxyl groups is 1. The second-order valence-electron chi connectivity index (χ2n) is 8.98. The predicted octanol–water partition coefficient (Wildman–Crippen LogP) is 3.69. The van der Waals surface area contributed by atoms with Crippen LogP contribution in [0.3, 0.4) is 0 Å². The van der Waals surface area contributed by atoms with Crippen molar-refractivity contribution in [2.75, 3.05) is 19.7 Å². The molecule has 2 aliphatic rings. The summed E-state index contributed by atoms with van der Waals surface area (Å²) in [5.74, 6) is 0.534. The maximum atomic E-state index is 13.1. The van der Waals surface area contributed by atoms with Crippen molar-refractivity contribution in [2.24, 2.45) is 0 Å². The first-order chi connectivity index (χ1) is 17.2. The van der Waals surface area contributed by atoms with Crippen LogP contribution >= 0.6 is 0 Å². The number of hydrogen-bond acceptors (Lipinski definition) is 8. The minimum atomic E-state index is -1.02. The van der Waals surface area contributed by atoms with E-state index in [2.05, 4.69) is 0 Å². The Morgan fingerprint density at radius 3 is 1.97 bits per heavy atom. The van der Waals surface area contributed by atoms with E-state index in [1.54, 1.807) is 41.3 Å². The van der Waals surface area contributed by atoms with E-state index in [1.807, 2.05) is 6.92 Å². The second-order valence-corrected chi connectivity index (χ2v) is 8.98. The largest absolute Gasteiger partial charge is 0.456 e. The maximum absolute atomic E-state index is 13.1. The first-order valence-corrected chi connectivity index (χ1v) is 12.2. The predicted molar refractivity (Wildman–Crippen MR) is 129 cm³/mol. The van der Waals surface area contributed by atoms with Gasteiger partial charge in [-0.05, 0) is 50.5 Å². The molecule has 2 aromatic carbocycles. The van der Waals surface area contributed by atoms with Crippen molar-refractivity contribution in [3.8, 4) is 23.0 Å². The van der Waals surface area contributed by atoms with Gasteiger partial charge in [0.05, 0.1) is 6.10 Å². The van der Waals surface area contributed by atoms with Gasteiger partial charge in [0, 0.05) is 63.2 Å². The lowest BCUT2D eigenvalue weighted by Gasteiger charge is -2.40. The molecule has 9 heteroatoms. The topological polar surface area (TPSA) is 112 Å². The number of fused-ring (bicyclic) bond motifs is 2. The number of likely N-dealkylation sites (tertiary alicyclic amines) is 1. The van der Waals surface area contributed by atoms with Gasteiger partial charge in [-0.2, -0.15) is 0 Å². The van der Waals surface area contributed by atoms with E-state index in [4.69, 9.17) is 18.9 Å². The number of carbonyl (C=O) groups is 3. The number of hydrogen-bond donors (Lipinski definition) is 1. The van der Waals surface area contributed by atoms with Crippen molar-refractivity contribution in [3.63, 3.8) is 0 Å². The summed E-state index contributed by atoms with van der Waals surface area (Å²) < 4.78 is 23.1. The first kappa shape index (κ1) is 25.7. The van der Waals surface area contributed by atoms with Crippen LogP contribution in [0.1, 0.15) is 57.6 Å². The van der Waals surface area contributed by atoms with Gasteiger partial charge >= 0.3 is 11.9 Å². The number of nitrogens with zero attached hydrogens (tertiary/aromatic N) is 1. The molecule has 1 N–H and O–H groups in total. The molecule has 0 radical (unpaired) electrons. The molecule has 2 aromatic rings. The SMILES string of the molecule is CCOC1(CCC(=O)N2CCC(O)CC2)c2ccc(OC(C)=O)cc2Oc2cc(OC(C)=O)ccc21. The molecular formula is C27H31NO8. The highest BCUT2D eigenvalue weighted by molar-refractivity contribution is 5.77. The number of piperidine rings is 1. The Labute approximate surface area is 209 Å². The molecule has 0 unspecified atom stereocenters. The average Bonchev–Trinajstić information content (AvgIpc) is 2.82. The van der Waals surface area contributed by atoms with Crippen molar-refractivity contribution in [2.45, 2.75) is 58.2 Å². The number of amides is 1. The van der Waals surface area contributed by atoms with Crippen LogP contribution in [0.4, 0.5) is 0 Å². The molecular weight excluding hydrogens is 466 g/mol. The second kappa shape index (κ2) is 10.7. The van der Waals surface area contributed by atoms with E-state index >= 15 is 0 Å². The van der Waals surface area contributed by atoms with Crippen LogP contribution in [0, 0.1) is 0 Å². The third kappa shape index (κ3) is 5.37. The van der Waals surface area contributed by atoms with Crippen molar-refractivity contribution in [3.05, 3.63) is 47.5 Å². The van der Waals surface area contributed by atoms with Gasteiger partial charge in [-0.25, -0.2) is 0 Å². The summed E-state index contributed by atoms with van der Waals surface area (Å²) in [5.41, 5.74) is 0.385. The number of rotatable bonds is 7. The van der Waals surface area contributed by atoms with Crippen LogP contribution in [0.15, 0.2) is 36.4 Å². The molecule has 0 aromatic heterocycles. The third-order valence-electron chi connectivity index (χ3n) is 6.42. The number of benzene rings is 2. The lowest BCUT2D eigenvalue weighted by molar-refractivity contribution is -0.135. The Morgan fingerprint density at radius 1 is 0.972 bits per heavy atom. The quantitative estimate of drug-likeness (QED) is 0.456. The van der Waals surface area contributed by atoms with E-state index in [-0.39, 0.29) is 18.4 Å². The van der Waals surface area contributed by atoms with Crippen LogP contribution in [0.2, 0.25) is 0 Å². The van der Waals surface area contributed by atoms with E-state index < -0.39 is 17.5 Å². The molecule has 1 amide bonds. The zero-order chi connectivity index (χ0) is 25.9. The molecule has 36 heavy (non-hydrogen) atoms. The van der Waals surface area contributed by atoms with E-state index in [1.165, 1.54) is 13.8 Å². The monoisotopic (exact) mass is 497 g/mol. The van der Waals surface area contributed by atoms with Gasteiger partial charge in [-0.15, -0.1) is 0 Å². The average molecular weight is 498 g/mol. The van der Waals surface area contributed by atoms with Gasteiger partial charge < -0.3 is 29.0 Å². The Morgan fingerprint density at radius 2 is 1.50 bits per heavy atom. The zero-order valence-corrected chi connectivity index (χ0v) is 20.7. The molecule has 192 valence electrons. The number of carbonyl (C=O) groups excluding carboxylic acids is 3. The fourth-order valence-corrected chi connectivity index (χ4v) is 4.86. The molecule has 2 heterocycles. The summed E-state index contributed by atoms with van der Waals surface area (Å²) in [6.07, 6.45) is 1.32. The summed E-state index contributed by atoms with van der Waals surface area (Å²) >= 11 is 0. The fraction of sp³-hybridized carbons (Fsp3) is 0.444. The van der Waals surface area contributed by atoms with Gasteiger partial charge in [0.25, 0.3) is 0 Å². The van der Waals surface area contributed by atoms with E-state index in [9.17, 15) is 19.5 Å². The Kier molecular flexibility index (Phi) is 7.61. The van der Waals surface area contributed by atoms with Crippen LogP contribution < -0.4 is 14.2 Å². The van der Waals surface area contributed by atoms with Gasteiger partial charge in [0.1, 0.15) is 28.6 Å². The van der Waals surface area contributed by atoms with Crippen molar-refractivity contribution < 1.29 is 38.4 Å². The third-order valence-corrected chi connectivity index (χ3v) is 6.42. The first-order valence-electron chi connectivity index (χ1n) is 12.2. The minimum absolute atomic E-state index is 0.0105. The molecule has 2 aliphatic heterocycles. The molecule has 1 fully saturated rings. The minimum Gasteiger partial charge on any atom is -0.456 e. The van der Waals surface area contributed by atoms with Crippen molar-refractivity contribution in [1.82, 2.24) is 4.90 Å². The Bertz CT molecular complexity index is 1090. The van der Waals surface area contributed by atoms with E-state index in [0.717, 1.165) is 0 Å². The molecule has 0 aliphatic carbocycles. The summed E-state index contributed by atoms with van der Waals surface area (Å²) in [6, 6.07) is 10.1. The van der Waals surface area contributed by atoms with Crippen LogP contribution in [0.25, 0.3) is 0 Å². The van der Waals surface area contributed by atoms with Crippen LogP contribution in [-0.2, 0) is 24.7 Å². The lowest BCUT2D eigenvalue weighted by Crippen LogP contribution is -2.41. The fourth-order valence-electron chi connectivity index (χ4n) is 4.86. The molecule has 0 saturated carbocycles. The van der Waals surface area contributed by atoms with Gasteiger partial charge in [0.15, 0.2) is 0 Å². The Hall–Kier alpha value is -3.43. The van der Waals surface area contributed by atoms with Crippen LogP contribution in [-0.4, -0.2) is 53.7 Å². The summed E-state index contributed by atoms with van der Waals surface area (Å²) in [6.45, 7) is 5.92. The lowest BCUT2D eigenvalue weighted by atomic mass is 9.79. The van der Waals surface area contributed by atoms with Crippen LogP contribution in [0.5, 0.6) is 23.0 Å². The van der Waals surface area contributed by atoms with Gasteiger partial charge in [-0.1, -0.05) is 0 Å². The molecule has 9 nitrogen and oxygen atoms in total. The van der Waals surface area contributed by atoms with Crippen molar-refractivity contribution in [1.29, 1.82) is 0 Å². The maximum Gasteiger partial charge on any atom is 0.308 e. The summed E-state index contributed by atoms with van der Waals surface area (Å²) in [4.78, 5) is 37.9. The Balaban J connectivity index is 1.73. The van der Waals surface area contributed by atoms with Gasteiger partial charge in [-0.3, -0.25) is 14.4 Å². The molecule has 0 bridgehead atoms. The zero-order valence-electron chi connectivity index (χ0n) is 20.7. The smallest absolute Gasteiger partial charge is 0.308 e. The molecule has 1 saturated heterocycles. The summed E-state index contributed by atoms with van der Waals surface area (Å²) in [7, 11) is 0. The highest BCUT2D eigenvalue weighted by atomic mass is 16.5. The number of ether oxygens (including phenoxy) is 4. The van der Waals surface area contributed by atoms with Gasteiger partial charge in [0.2, 0.25) is 5.91 Å². The normalized spacial score (nSPS) is 16.4. The van der Waals surface area contributed by atoms with Crippen molar-refractivity contribution >= 4 is 17.8 Å². The standard InChI is InChI=1S/C27H31NO8/c1-4-33-27(12-9-26(32)28-13-10-19(31)11-14-28)22-7-5-20(34-17(2)29)15-24(22)36-25-16-21(35-18(3)30)6-8-23(25)27/h5-8,15-16,19,31H,4,9-14H2,1-3H3. The molecule has 0 atom stereocenters. The molecule has 0 spiro atoms. The highest BCUT2D eigenvalue weighted by Crippen LogP contribution is 2.53. The molecule has 4 rings (SSSR count). The van der Waals surface area contributed by atoms with E-state index in [0.29, 0.717) is 73.1 Å². The highest BCUT2D eigenvalue weighted by Gasteiger charge is 2.44. The number of esters is 2. The summed E-state index contributed by atoms with van der Waals surface area (Å²) in [5, 5.41) is 9.79. The number of aliphatic hydroxyl groups excluding tert-OH is 1.